The van der Waals surface area contributed by atoms with Gasteiger partial charge >= 0.3 is 5.97 Å². The number of ether oxygens (including phenoxy) is 2. The Morgan fingerprint density at radius 1 is 1.29 bits per heavy atom. The molecule has 0 radical (unpaired) electrons. The molecule has 14 heavy (non-hydrogen) atoms. The van der Waals surface area contributed by atoms with Gasteiger partial charge in [0.1, 0.15) is 0 Å². The second-order valence-corrected chi connectivity index (χ2v) is 5.49. The molecular weight excluding hydrogens is 180 g/mol. The number of esters is 1. The van der Waals surface area contributed by atoms with Gasteiger partial charge in [-0.3, -0.25) is 4.79 Å². The summed E-state index contributed by atoms with van der Waals surface area (Å²) in [4.78, 5) is 11.5. The number of hydrogen-bond donors (Lipinski definition) is 0. The molecule has 0 aromatic carbocycles. The van der Waals surface area contributed by atoms with Crippen molar-refractivity contribution in [3.63, 3.8) is 0 Å². The van der Waals surface area contributed by atoms with Gasteiger partial charge in [-0.2, -0.15) is 0 Å². The molecule has 2 aliphatic rings. The molecule has 1 aliphatic heterocycles. The van der Waals surface area contributed by atoms with Crippen molar-refractivity contribution in [2.75, 3.05) is 7.11 Å². The minimum Gasteiger partial charge on any atom is -0.469 e. The molecule has 0 spiro atoms. The quantitative estimate of drug-likeness (QED) is 0.500. The Labute approximate surface area is 84.8 Å². The molecule has 1 aliphatic carbocycles. The summed E-state index contributed by atoms with van der Waals surface area (Å²) < 4.78 is 10.4. The predicted molar refractivity (Wildman–Crippen MR) is 51.7 cm³/mol. The zero-order valence-electron chi connectivity index (χ0n) is 9.46. The number of carbonyl (C=O) groups is 1. The first kappa shape index (κ1) is 9.97. The van der Waals surface area contributed by atoms with Crippen molar-refractivity contribution in [3.8, 4) is 0 Å². The van der Waals surface area contributed by atoms with Gasteiger partial charge in [-0.25, -0.2) is 0 Å². The van der Waals surface area contributed by atoms with Crippen molar-refractivity contribution in [1.82, 2.24) is 0 Å². The number of carbonyl (C=O) groups excluding carboxylic acids is 1. The lowest BCUT2D eigenvalue weighted by Gasteiger charge is -1.99. The monoisotopic (exact) mass is 198 g/mol. The van der Waals surface area contributed by atoms with Crippen molar-refractivity contribution >= 4 is 5.97 Å². The van der Waals surface area contributed by atoms with Crippen LogP contribution in [0.5, 0.6) is 0 Å². The van der Waals surface area contributed by atoms with E-state index in [4.69, 9.17) is 9.47 Å². The molecule has 1 saturated heterocycles. The Bertz CT molecular complexity index is 280. The summed E-state index contributed by atoms with van der Waals surface area (Å²) in [7, 11) is 1.45. The van der Waals surface area contributed by atoms with Crippen LogP contribution in [0.15, 0.2) is 0 Å². The first-order valence-corrected chi connectivity index (χ1v) is 5.08. The molecule has 0 amide bonds. The Kier molecular flexibility index (Phi) is 1.79. The third-order valence-corrected chi connectivity index (χ3v) is 3.75. The minimum atomic E-state index is -0.0914. The molecule has 0 N–H and O–H groups in total. The predicted octanol–water partition coefficient (Wildman–Crippen LogP) is 1.61. The lowest BCUT2D eigenvalue weighted by Crippen LogP contribution is -2.10. The van der Waals surface area contributed by atoms with E-state index in [1.807, 2.05) is 0 Å². The maximum absolute atomic E-state index is 11.5. The smallest absolute Gasteiger partial charge is 0.309 e. The van der Waals surface area contributed by atoms with Gasteiger partial charge in [-0.1, -0.05) is 13.8 Å². The SMILES string of the molecule is COC(=O)C1C(C2OC2(C)C)C1(C)C. The van der Waals surface area contributed by atoms with Gasteiger partial charge in [0, 0.05) is 5.92 Å². The highest BCUT2D eigenvalue weighted by Crippen LogP contribution is 2.66. The topological polar surface area (TPSA) is 38.8 Å². The summed E-state index contributed by atoms with van der Waals surface area (Å²) in [6, 6.07) is 0. The van der Waals surface area contributed by atoms with E-state index in [0.29, 0.717) is 5.92 Å². The van der Waals surface area contributed by atoms with Crippen LogP contribution in [-0.2, 0) is 14.3 Å². The summed E-state index contributed by atoms with van der Waals surface area (Å²) in [5.41, 5.74) is 0.0102. The summed E-state index contributed by atoms with van der Waals surface area (Å²) in [6.45, 7) is 8.36. The highest BCUT2D eigenvalue weighted by Gasteiger charge is 2.73. The average Bonchev–Trinajstić information content (AvgIpc) is 2.84. The minimum absolute atomic E-state index is 0.0271. The zero-order valence-corrected chi connectivity index (χ0v) is 9.46. The van der Waals surface area contributed by atoms with Crippen molar-refractivity contribution < 1.29 is 14.3 Å². The van der Waals surface area contributed by atoms with E-state index < -0.39 is 0 Å². The van der Waals surface area contributed by atoms with Crippen molar-refractivity contribution in [3.05, 3.63) is 0 Å². The number of epoxide rings is 1. The fraction of sp³-hybridized carbons (Fsp3) is 0.909. The highest BCUT2D eigenvalue weighted by molar-refractivity contribution is 5.77. The molecule has 3 unspecified atom stereocenters. The van der Waals surface area contributed by atoms with E-state index in [-0.39, 0.29) is 29.0 Å². The Hall–Kier alpha value is -0.570. The van der Waals surface area contributed by atoms with E-state index in [1.54, 1.807) is 0 Å². The number of methoxy groups -OCH3 is 1. The van der Waals surface area contributed by atoms with Gasteiger partial charge < -0.3 is 9.47 Å². The maximum Gasteiger partial charge on any atom is 0.309 e. The van der Waals surface area contributed by atoms with Crippen molar-refractivity contribution in [2.45, 2.75) is 39.4 Å². The van der Waals surface area contributed by atoms with E-state index in [1.165, 1.54) is 7.11 Å². The van der Waals surface area contributed by atoms with Crippen LogP contribution in [0.3, 0.4) is 0 Å². The first-order chi connectivity index (χ1) is 6.32. The fourth-order valence-corrected chi connectivity index (χ4v) is 2.62. The summed E-state index contributed by atoms with van der Waals surface area (Å²) in [5.74, 6) is 0.274. The van der Waals surface area contributed by atoms with Crippen LogP contribution in [0, 0.1) is 17.3 Å². The maximum atomic E-state index is 11.5. The Morgan fingerprint density at radius 3 is 2.14 bits per heavy atom. The van der Waals surface area contributed by atoms with Crippen molar-refractivity contribution in [1.29, 1.82) is 0 Å². The van der Waals surface area contributed by atoms with Crippen LogP contribution in [0.2, 0.25) is 0 Å². The summed E-state index contributed by atoms with van der Waals surface area (Å²) in [6.07, 6.45) is 0.238. The van der Waals surface area contributed by atoms with Gasteiger partial charge in [0.25, 0.3) is 0 Å². The number of hydrogen-bond acceptors (Lipinski definition) is 3. The second-order valence-electron chi connectivity index (χ2n) is 5.49. The van der Waals surface area contributed by atoms with Gasteiger partial charge in [0.2, 0.25) is 0 Å². The largest absolute Gasteiger partial charge is 0.469 e. The zero-order chi connectivity index (χ0) is 10.7. The lowest BCUT2D eigenvalue weighted by molar-refractivity contribution is -0.143. The van der Waals surface area contributed by atoms with Gasteiger partial charge in [-0.05, 0) is 19.3 Å². The van der Waals surface area contributed by atoms with Crippen LogP contribution in [0.4, 0.5) is 0 Å². The molecule has 0 aromatic heterocycles. The lowest BCUT2D eigenvalue weighted by atomic mass is 10.0. The third-order valence-electron chi connectivity index (χ3n) is 3.75. The van der Waals surface area contributed by atoms with Crippen LogP contribution >= 0.6 is 0 Å². The van der Waals surface area contributed by atoms with Gasteiger partial charge in [-0.15, -0.1) is 0 Å². The first-order valence-electron chi connectivity index (χ1n) is 5.08. The highest BCUT2D eigenvalue weighted by atomic mass is 16.6. The van der Waals surface area contributed by atoms with Gasteiger partial charge in [0.15, 0.2) is 0 Å². The van der Waals surface area contributed by atoms with Crippen molar-refractivity contribution in [2.24, 2.45) is 17.3 Å². The van der Waals surface area contributed by atoms with E-state index in [0.717, 1.165) is 0 Å². The molecule has 0 aromatic rings. The third kappa shape index (κ3) is 1.18. The van der Waals surface area contributed by atoms with Gasteiger partial charge in [0.05, 0.1) is 24.7 Å². The second kappa shape index (κ2) is 2.51. The van der Waals surface area contributed by atoms with E-state index >= 15 is 0 Å². The summed E-state index contributed by atoms with van der Waals surface area (Å²) >= 11 is 0. The standard InChI is InChI=1S/C11H18O3/c1-10(2)6(7(10)9(12)13-5)8-11(3,4)14-8/h6-8H,1-5H3. The van der Waals surface area contributed by atoms with Crippen LogP contribution in [-0.4, -0.2) is 24.8 Å². The molecule has 2 rings (SSSR count). The Balaban J connectivity index is 2.07. The molecule has 1 heterocycles. The molecule has 1 saturated carbocycles. The van der Waals surface area contributed by atoms with E-state index in [2.05, 4.69) is 27.7 Å². The number of rotatable bonds is 2. The molecule has 3 nitrogen and oxygen atoms in total. The molecule has 80 valence electrons. The molecule has 0 bridgehead atoms. The molecular formula is C11H18O3. The molecule has 3 atom stereocenters. The summed E-state index contributed by atoms with van der Waals surface area (Å²) in [5, 5.41) is 0. The Morgan fingerprint density at radius 2 is 1.79 bits per heavy atom. The molecule has 2 fully saturated rings. The molecule has 3 heteroatoms. The van der Waals surface area contributed by atoms with Crippen LogP contribution in [0.1, 0.15) is 27.7 Å². The van der Waals surface area contributed by atoms with Crippen LogP contribution < -0.4 is 0 Å². The average molecular weight is 198 g/mol. The normalized spacial score (nSPS) is 41.6. The fourth-order valence-electron chi connectivity index (χ4n) is 2.62. The van der Waals surface area contributed by atoms with E-state index in [9.17, 15) is 4.79 Å². The van der Waals surface area contributed by atoms with Crippen LogP contribution in [0.25, 0.3) is 0 Å².